The summed E-state index contributed by atoms with van der Waals surface area (Å²) >= 11 is 3.43. The molecule has 0 saturated carbocycles. The van der Waals surface area contributed by atoms with Crippen LogP contribution < -0.4 is 10.0 Å². The smallest absolute Gasteiger partial charge is 0.255 e. The first kappa shape index (κ1) is 20.2. The number of aromatic nitrogens is 1. The molecule has 3 rings (SSSR count). The number of hydrogen-bond donors (Lipinski definition) is 2. The zero-order chi connectivity index (χ0) is 20.3. The highest BCUT2D eigenvalue weighted by atomic mass is 79.9. The van der Waals surface area contributed by atoms with Crippen LogP contribution in [0.2, 0.25) is 0 Å². The van der Waals surface area contributed by atoms with E-state index in [1.165, 1.54) is 30.3 Å². The molecule has 0 spiro atoms. The maximum absolute atomic E-state index is 12.7. The normalized spacial score (nSPS) is 11.4. The molecule has 2 aromatic carbocycles. The average molecular weight is 460 g/mol. The molecule has 6 nitrogen and oxygen atoms in total. The Hall–Kier alpha value is -2.55. The van der Waals surface area contributed by atoms with E-state index in [0.717, 1.165) is 21.1 Å². The van der Waals surface area contributed by atoms with Gasteiger partial charge in [-0.2, -0.15) is 0 Å². The number of anilines is 1. The van der Waals surface area contributed by atoms with Crippen LogP contribution in [0.4, 0.5) is 5.69 Å². The maximum Gasteiger partial charge on any atom is 0.255 e. The van der Waals surface area contributed by atoms with Gasteiger partial charge in [0.15, 0.2) is 0 Å². The number of hydrogen-bond acceptors (Lipinski definition) is 4. The van der Waals surface area contributed by atoms with Gasteiger partial charge in [0.05, 0.1) is 16.1 Å². The third kappa shape index (κ3) is 4.46. The van der Waals surface area contributed by atoms with Gasteiger partial charge >= 0.3 is 0 Å². The predicted octanol–water partition coefficient (Wildman–Crippen LogP) is 4.02. The van der Waals surface area contributed by atoms with Crippen LogP contribution in [0, 0.1) is 6.92 Å². The number of pyridine rings is 1. The average Bonchev–Trinajstić information content (AvgIpc) is 2.67. The second-order valence-electron chi connectivity index (χ2n) is 6.09. The summed E-state index contributed by atoms with van der Waals surface area (Å²) in [6, 6.07) is 13.2. The molecule has 144 valence electrons. The molecule has 3 aromatic rings. The molecule has 0 aliphatic heterocycles. The van der Waals surface area contributed by atoms with Crippen molar-refractivity contribution in [3.63, 3.8) is 0 Å². The zero-order valence-electron chi connectivity index (χ0n) is 15.1. The Morgan fingerprint density at radius 1 is 1.18 bits per heavy atom. The van der Waals surface area contributed by atoms with E-state index in [4.69, 9.17) is 0 Å². The first-order chi connectivity index (χ1) is 13.3. The number of amides is 1. The number of benzene rings is 2. The van der Waals surface area contributed by atoms with Crippen molar-refractivity contribution in [3.8, 4) is 0 Å². The van der Waals surface area contributed by atoms with Gasteiger partial charge in [0.25, 0.3) is 5.91 Å². The molecule has 0 aliphatic rings. The lowest BCUT2D eigenvalue weighted by Crippen LogP contribution is -2.23. The van der Waals surface area contributed by atoms with Crippen LogP contribution in [0.5, 0.6) is 0 Å². The monoisotopic (exact) mass is 459 g/mol. The highest BCUT2D eigenvalue weighted by Crippen LogP contribution is 2.27. The number of sulfonamides is 1. The van der Waals surface area contributed by atoms with E-state index in [0.29, 0.717) is 11.3 Å². The Balaban J connectivity index is 1.87. The van der Waals surface area contributed by atoms with Gasteiger partial charge in [0.2, 0.25) is 10.0 Å². The predicted molar refractivity (Wildman–Crippen MR) is 114 cm³/mol. The molecule has 0 fully saturated rings. The largest absolute Gasteiger partial charge is 0.321 e. The summed E-state index contributed by atoms with van der Waals surface area (Å²) in [5.74, 6) is -0.338. The number of aryl methyl sites for hydroxylation is 1. The SMILES string of the molecule is C=CCNS(=O)(=O)c1ccc(C(=O)Nc2cc(C)nc3ccc(Br)cc23)cc1. The molecule has 0 aliphatic carbocycles. The molecular weight excluding hydrogens is 442 g/mol. The zero-order valence-corrected chi connectivity index (χ0v) is 17.5. The lowest BCUT2D eigenvalue weighted by atomic mass is 10.1. The minimum atomic E-state index is -3.63. The van der Waals surface area contributed by atoms with Crippen molar-refractivity contribution in [1.82, 2.24) is 9.71 Å². The van der Waals surface area contributed by atoms with E-state index in [-0.39, 0.29) is 17.3 Å². The van der Waals surface area contributed by atoms with E-state index in [1.54, 1.807) is 6.07 Å². The Bertz CT molecular complexity index is 1160. The van der Waals surface area contributed by atoms with Gasteiger partial charge in [-0.1, -0.05) is 22.0 Å². The molecule has 0 bridgehead atoms. The molecule has 8 heteroatoms. The molecule has 0 unspecified atom stereocenters. The lowest BCUT2D eigenvalue weighted by molar-refractivity contribution is 0.102. The Kier molecular flexibility index (Phi) is 5.93. The minimum Gasteiger partial charge on any atom is -0.321 e. The number of carbonyl (C=O) groups excluding carboxylic acids is 1. The van der Waals surface area contributed by atoms with Crippen molar-refractivity contribution < 1.29 is 13.2 Å². The van der Waals surface area contributed by atoms with Crippen LogP contribution in [-0.4, -0.2) is 25.9 Å². The van der Waals surface area contributed by atoms with Gasteiger partial charge in [0.1, 0.15) is 0 Å². The topological polar surface area (TPSA) is 88.2 Å². The standard InChI is InChI=1S/C20H18BrN3O3S/c1-3-10-22-28(26,27)16-7-4-14(5-8-16)20(25)24-19-11-13(2)23-18-9-6-15(21)12-17(18)19/h3-9,11-12,22H,1,10H2,2H3,(H,23,24,25). The highest BCUT2D eigenvalue weighted by molar-refractivity contribution is 9.10. The fourth-order valence-electron chi connectivity index (χ4n) is 2.67. The summed E-state index contributed by atoms with van der Waals surface area (Å²) in [6.45, 7) is 5.47. The number of halogens is 1. The summed E-state index contributed by atoms with van der Waals surface area (Å²) in [4.78, 5) is 17.2. The van der Waals surface area contributed by atoms with Crippen molar-refractivity contribution in [3.05, 3.63) is 76.9 Å². The fraction of sp³-hybridized carbons (Fsp3) is 0.100. The molecule has 28 heavy (non-hydrogen) atoms. The van der Waals surface area contributed by atoms with Crippen LogP contribution in [0.25, 0.3) is 10.9 Å². The molecule has 1 heterocycles. The van der Waals surface area contributed by atoms with E-state index >= 15 is 0 Å². The van der Waals surface area contributed by atoms with Gasteiger partial charge in [-0.25, -0.2) is 13.1 Å². The summed E-state index contributed by atoms with van der Waals surface area (Å²) in [6.07, 6.45) is 1.46. The minimum absolute atomic E-state index is 0.0834. The van der Waals surface area contributed by atoms with Crippen LogP contribution in [-0.2, 0) is 10.0 Å². The summed E-state index contributed by atoms with van der Waals surface area (Å²) in [5.41, 5.74) is 2.53. The number of carbonyl (C=O) groups is 1. The highest BCUT2D eigenvalue weighted by Gasteiger charge is 2.15. The van der Waals surface area contributed by atoms with Crippen molar-refractivity contribution >= 4 is 48.5 Å². The summed E-state index contributed by atoms with van der Waals surface area (Å²) < 4.78 is 27.5. The van der Waals surface area contributed by atoms with Gasteiger partial charge in [-0.3, -0.25) is 9.78 Å². The van der Waals surface area contributed by atoms with E-state index in [2.05, 4.69) is 37.5 Å². The van der Waals surface area contributed by atoms with E-state index in [9.17, 15) is 13.2 Å². The number of rotatable bonds is 6. The fourth-order valence-corrected chi connectivity index (χ4v) is 4.03. The third-order valence-corrected chi connectivity index (χ3v) is 5.92. The summed E-state index contributed by atoms with van der Waals surface area (Å²) in [5, 5.41) is 3.69. The van der Waals surface area contributed by atoms with E-state index < -0.39 is 10.0 Å². The first-order valence-electron chi connectivity index (χ1n) is 8.39. The van der Waals surface area contributed by atoms with Crippen molar-refractivity contribution in [1.29, 1.82) is 0 Å². The molecule has 0 atom stereocenters. The van der Waals surface area contributed by atoms with Crippen LogP contribution in [0.15, 0.2) is 70.6 Å². The van der Waals surface area contributed by atoms with Gasteiger partial charge in [-0.15, -0.1) is 6.58 Å². The van der Waals surface area contributed by atoms with Gasteiger partial charge in [0, 0.05) is 27.7 Å². The molecule has 2 N–H and O–H groups in total. The lowest BCUT2D eigenvalue weighted by Gasteiger charge is -2.11. The number of fused-ring (bicyclic) bond motifs is 1. The van der Waals surface area contributed by atoms with Gasteiger partial charge < -0.3 is 5.32 Å². The number of nitrogens with one attached hydrogen (secondary N) is 2. The molecular formula is C20H18BrN3O3S. The first-order valence-corrected chi connectivity index (χ1v) is 10.7. The van der Waals surface area contributed by atoms with Crippen LogP contribution >= 0.6 is 15.9 Å². The molecule has 1 amide bonds. The Morgan fingerprint density at radius 2 is 1.89 bits per heavy atom. The quantitative estimate of drug-likeness (QED) is 0.544. The van der Waals surface area contributed by atoms with Crippen molar-refractivity contribution in [2.75, 3.05) is 11.9 Å². The summed E-state index contributed by atoms with van der Waals surface area (Å²) in [7, 11) is -3.63. The second kappa shape index (κ2) is 8.22. The molecule has 0 radical (unpaired) electrons. The van der Waals surface area contributed by atoms with Crippen LogP contribution in [0.1, 0.15) is 16.1 Å². The number of nitrogens with zero attached hydrogens (tertiary/aromatic N) is 1. The van der Waals surface area contributed by atoms with Crippen molar-refractivity contribution in [2.45, 2.75) is 11.8 Å². The van der Waals surface area contributed by atoms with E-state index in [1.807, 2.05) is 25.1 Å². The molecule has 1 aromatic heterocycles. The molecule has 0 saturated heterocycles. The second-order valence-corrected chi connectivity index (χ2v) is 8.77. The third-order valence-electron chi connectivity index (χ3n) is 3.99. The van der Waals surface area contributed by atoms with Crippen LogP contribution in [0.3, 0.4) is 0 Å². The van der Waals surface area contributed by atoms with Gasteiger partial charge in [-0.05, 0) is 55.5 Å². The maximum atomic E-state index is 12.7. The van der Waals surface area contributed by atoms with Crippen molar-refractivity contribution in [2.24, 2.45) is 0 Å². The Labute approximate surface area is 171 Å². The Morgan fingerprint density at radius 3 is 2.57 bits per heavy atom.